The van der Waals surface area contributed by atoms with Crippen molar-refractivity contribution >= 4 is 11.9 Å². The molecule has 134 valence electrons. The summed E-state index contributed by atoms with van der Waals surface area (Å²) in [5.74, 6) is 0.394. The molecule has 1 atom stereocenters. The van der Waals surface area contributed by atoms with Gasteiger partial charge in [0, 0.05) is 38.2 Å². The van der Waals surface area contributed by atoms with Crippen molar-refractivity contribution in [1.29, 1.82) is 0 Å². The fraction of sp³-hybridized carbons (Fsp3) is 0.529. The van der Waals surface area contributed by atoms with Crippen LogP contribution in [0.2, 0.25) is 0 Å². The fourth-order valence-corrected chi connectivity index (χ4v) is 3.12. The van der Waals surface area contributed by atoms with Gasteiger partial charge in [-0.05, 0) is 32.8 Å². The normalized spacial score (nSPS) is 20.5. The molecule has 0 saturated carbocycles. The molecular weight excluding hydrogens is 320 g/mol. The Morgan fingerprint density at radius 2 is 2.16 bits per heavy atom. The SMILES string of the molecule is CCn1cc(C(=O)NC[C@@]2(O)CCCN(c3ncccn3)C2)c(C)n1. The Bertz CT molecular complexity index is 732. The number of carbonyl (C=O) groups excluding carboxylic acids is 1. The number of carbonyl (C=O) groups is 1. The van der Waals surface area contributed by atoms with Crippen molar-refractivity contribution in [1.82, 2.24) is 25.1 Å². The third kappa shape index (κ3) is 3.96. The zero-order chi connectivity index (χ0) is 17.9. The summed E-state index contributed by atoms with van der Waals surface area (Å²) in [4.78, 5) is 22.9. The highest BCUT2D eigenvalue weighted by Crippen LogP contribution is 2.23. The van der Waals surface area contributed by atoms with Gasteiger partial charge in [0.15, 0.2) is 0 Å². The first-order chi connectivity index (χ1) is 12.0. The predicted molar refractivity (Wildman–Crippen MR) is 93.4 cm³/mol. The maximum absolute atomic E-state index is 12.4. The Morgan fingerprint density at radius 1 is 1.40 bits per heavy atom. The van der Waals surface area contributed by atoms with Crippen LogP contribution in [-0.2, 0) is 6.54 Å². The average Bonchev–Trinajstić information content (AvgIpc) is 3.02. The summed E-state index contributed by atoms with van der Waals surface area (Å²) in [6.07, 6.45) is 6.55. The molecule has 2 aromatic rings. The number of piperidine rings is 1. The van der Waals surface area contributed by atoms with Gasteiger partial charge in [-0.25, -0.2) is 9.97 Å². The van der Waals surface area contributed by atoms with Crippen molar-refractivity contribution in [3.63, 3.8) is 0 Å². The van der Waals surface area contributed by atoms with E-state index < -0.39 is 5.60 Å². The van der Waals surface area contributed by atoms with Gasteiger partial charge in [-0.3, -0.25) is 9.48 Å². The lowest BCUT2D eigenvalue weighted by Crippen LogP contribution is -2.54. The quantitative estimate of drug-likeness (QED) is 0.831. The molecule has 1 fully saturated rings. The highest BCUT2D eigenvalue weighted by Gasteiger charge is 2.34. The molecular formula is C17H24N6O2. The molecule has 0 bridgehead atoms. The van der Waals surface area contributed by atoms with E-state index in [1.807, 2.05) is 18.7 Å². The summed E-state index contributed by atoms with van der Waals surface area (Å²) in [5, 5.41) is 18.0. The Hall–Kier alpha value is -2.48. The zero-order valence-electron chi connectivity index (χ0n) is 14.6. The van der Waals surface area contributed by atoms with Crippen LogP contribution in [0.3, 0.4) is 0 Å². The molecule has 25 heavy (non-hydrogen) atoms. The number of nitrogens with zero attached hydrogens (tertiary/aromatic N) is 5. The van der Waals surface area contributed by atoms with Crippen molar-refractivity contribution in [2.75, 3.05) is 24.5 Å². The molecule has 1 aliphatic rings. The van der Waals surface area contributed by atoms with Gasteiger partial charge in [0.05, 0.1) is 23.4 Å². The first kappa shape index (κ1) is 17.3. The Kier molecular flexibility index (Phi) is 4.98. The average molecular weight is 344 g/mol. The van der Waals surface area contributed by atoms with E-state index in [0.29, 0.717) is 36.7 Å². The van der Waals surface area contributed by atoms with Crippen molar-refractivity contribution in [2.45, 2.75) is 38.8 Å². The molecule has 0 aromatic carbocycles. The largest absolute Gasteiger partial charge is 0.386 e. The van der Waals surface area contributed by atoms with E-state index >= 15 is 0 Å². The second-order valence-electron chi connectivity index (χ2n) is 6.46. The minimum Gasteiger partial charge on any atom is -0.386 e. The first-order valence-corrected chi connectivity index (χ1v) is 8.57. The summed E-state index contributed by atoms with van der Waals surface area (Å²) in [5.41, 5.74) is 0.237. The summed E-state index contributed by atoms with van der Waals surface area (Å²) in [6.45, 7) is 5.87. The second kappa shape index (κ2) is 7.18. The number of rotatable bonds is 5. The van der Waals surface area contributed by atoms with E-state index in [9.17, 15) is 9.90 Å². The lowest BCUT2D eigenvalue weighted by molar-refractivity contribution is 0.0252. The van der Waals surface area contributed by atoms with Crippen LogP contribution < -0.4 is 10.2 Å². The number of aliphatic hydroxyl groups is 1. The van der Waals surface area contributed by atoms with Crippen LogP contribution in [0.15, 0.2) is 24.7 Å². The highest BCUT2D eigenvalue weighted by molar-refractivity contribution is 5.95. The van der Waals surface area contributed by atoms with Gasteiger partial charge in [0.1, 0.15) is 0 Å². The number of aryl methyl sites for hydroxylation is 2. The lowest BCUT2D eigenvalue weighted by atomic mass is 9.93. The molecule has 2 aromatic heterocycles. The standard InChI is InChI=1S/C17H24N6O2/c1-3-23-10-14(13(2)21-23)15(24)20-11-17(25)6-4-9-22(12-17)16-18-7-5-8-19-16/h5,7-8,10,25H,3-4,6,9,11-12H2,1-2H3,(H,20,24)/t17-/m0/s1. The molecule has 2 N–H and O–H groups in total. The smallest absolute Gasteiger partial charge is 0.254 e. The highest BCUT2D eigenvalue weighted by atomic mass is 16.3. The molecule has 1 amide bonds. The van der Waals surface area contributed by atoms with Gasteiger partial charge in [-0.1, -0.05) is 0 Å². The second-order valence-corrected chi connectivity index (χ2v) is 6.46. The molecule has 8 heteroatoms. The molecule has 0 radical (unpaired) electrons. The van der Waals surface area contributed by atoms with Gasteiger partial charge >= 0.3 is 0 Å². The molecule has 0 spiro atoms. The number of hydrogen-bond acceptors (Lipinski definition) is 6. The Morgan fingerprint density at radius 3 is 2.84 bits per heavy atom. The van der Waals surface area contributed by atoms with E-state index in [1.165, 1.54) is 0 Å². The van der Waals surface area contributed by atoms with Crippen molar-refractivity contribution in [3.05, 3.63) is 35.9 Å². The van der Waals surface area contributed by atoms with Crippen LogP contribution in [0.25, 0.3) is 0 Å². The molecule has 3 rings (SSSR count). The van der Waals surface area contributed by atoms with E-state index in [2.05, 4.69) is 20.4 Å². The number of hydrogen-bond donors (Lipinski definition) is 2. The van der Waals surface area contributed by atoms with Gasteiger partial charge in [-0.2, -0.15) is 5.10 Å². The first-order valence-electron chi connectivity index (χ1n) is 8.57. The summed E-state index contributed by atoms with van der Waals surface area (Å²) in [6, 6.07) is 1.76. The summed E-state index contributed by atoms with van der Waals surface area (Å²) >= 11 is 0. The Labute approximate surface area is 146 Å². The van der Waals surface area contributed by atoms with Crippen molar-refractivity contribution in [3.8, 4) is 0 Å². The summed E-state index contributed by atoms with van der Waals surface area (Å²) < 4.78 is 1.73. The molecule has 0 aliphatic carbocycles. The van der Waals surface area contributed by atoms with Crippen LogP contribution in [0.4, 0.5) is 5.95 Å². The van der Waals surface area contributed by atoms with Gasteiger partial charge < -0.3 is 15.3 Å². The summed E-state index contributed by atoms with van der Waals surface area (Å²) in [7, 11) is 0. The van der Waals surface area contributed by atoms with Crippen LogP contribution in [0.1, 0.15) is 35.8 Å². The third-order valence-corrected chi connectivity index (χ3v) is 4.48. The van der Waals surface area contributed by atoms with Gasteiger partial charge in [-0.15, -0.1) is 0 Å². The lowest BCUT2D eigenvalue weighted by Gasteiger charge is -2.39. The van der Waals surface area contributed by atoms with Crippen molar-refractivity contribution in [2.24, 2.45) is 0 Å². The predicted octanol–water partition coefficient (Wildman–Crippen LogP) is 0.763. The number of aromatic nitrogens is 4. The molecule has 8 nitrogen and oxygen atoms in total. The van der Waals surface area contributed by atoms with E-state index in [-0.39, 0.29) is 12.5 Å². The van der Waals surface area contributed by atoms with Crippen LogP contribution >= 0.6 is 0 Å². The molecule has 1 aliphatic heterocycles. The van der Waals surface area contributed by atoms with Crippen LogP contribution in [0.5, 0.6) is 0 Å². The van der Waals surface area contributed by atoms with Crippen molar-refractivity contribution < 1.29 is 9.90 Å². The van der Waals surface area contributed by atoms with E-state index in [0.717, 1.165) is 13.0 Å². The fourth-order valence-electron chi connectivity index (χ4n) is 3.12. The Balaban J connectivity index is 1.63. The topological polar surface area (TPSA) is 96.2 Å². The van der Waals surface area contributed by atoms with E-state index in [4.69, 9.17) is 0 Å². The maximum Gasteiger partial charge on any atom is 0.254 e. The zero-order valence-corrected chi connectivity index (χ0v) is 14.6. The van der Waals surface area contributed by atoms with Crippen LogP contribution in [-0.4, -0.2) is 56.0 Å². The van der Waals surface area contributed by atoms with Gasteiger partial charge in [0.25, 0.3) is 5.91 Å². The maximum atomic E-state index is 12.4. The number of anilines is 1. The number of β-amino-alcohol motifs (C(OH)–C–C–N with tert-alkyl or cyclic N) is 1. The van der Waals surface area contributed by atoms with E-state index in [1.54, 1.807) is 29.3 Å². The molecule has 3 heterocycles. The molecule has 0 unspecified atom stereocenters. The minimum absolute atomic E-state index is 0.186. The van der Waals surface area contributed by atoms with Crippen LogP contribution in [0, 0.1) is 6.92 Å². The third-order valence-electron chi connectivity index (χ3n) is 4.48. The number of nitrogens with one attached hydrogen (secondary N) is 1. The monoisotopic (exact) mass is 344 g/mol. The minimum atomic E-state index is -0.998. The molecule has 1 saturated heterocycles. The number of amides is 1. The van der Waals surface area contributed by atoms with Gasteiger partial charge in [0.2, 0.25) is 5.95 Å².